The van der Waals surface area contributed by atoms with Crippen LogP contribution in [-0.2, 0) is 16.0 Å². The van der Waals surface area contributed by atoms with Gasteiger partial charge >= 0.3 is 0 Å². The van der Waals surface area contributed by atoms with E-state index in [0.717, 1.165) is 22.1 Å². The summed E-state index contributed by atoms with van der Waals surface area (Å²) in [4.78, 5) is 25.7. The Hall–Kier alpha value is -2.14. The zero-order valence-electron chi connectivity index (χ0n) is 14.1. The molecule has 5 heteroatoms. The third-order valence-electron chi connectivity index (χ3n) is 3.72. The lowest BCUT2D eigenvalue weighted by Crippen LogP contribution is -2.36. The number of rotatable bonds is 5. The second kappa shape index (κ2) is 8.11. The number of aryl methyl sites for hydroxylation is 2. The van der Waals surface area contributed by atoms with Crippen molar-refractivity contribution < 1.29 is 9.59 Å². The maximum atomic E-state index is 12.3. The van der Waals surface area contributed by atoms with Crippen molar-refractivity contribution in [1.29, 1.82) is 0 Å². The molecule has 4 nitrogen and oxygen atoms in total. The topological polar surface area (TPSA) is 49.4 Å². The van der Waals surface area contributed by atoms with E-state index in [1.165, 1.54) is 17.4 Å². The molecule has 0 spiro atoms. The lowest BCUT2D eigenvalue weighted by molar-refractivity contribution is -0.120. The highest BCUT2D eigenvalue weighted by atomic mass is 79.9. The van der Waals surface area contributed by atoms with Crippen molar-refractivity contribution in [1.82, 2.24) is 0 Å². The predicted octanol–water partition coefficient (Wildman–Crippen LogP) is 4.31. The van der Waals surface area contributed by atoms with Crippen LogP contribution in [0.2, 0.25) is 0 Å². The molecule has 0 unspecified atom stereocenters. The Labute approximate surface area is 151 Å². The third kappa shape index (κ3) is 4.68. The summed E-state index contributed by atoms with van der Waals surface area (Å²) in [6.07, 6.45) is 0.952. The molecule has 0 radical (unpaired) electrons. The van der Waals surface area contributed by atoms with Crippen LogP contribution in [0.15, 0.2) is 46.9 Å². The van der Waals surface area contributed by atoms with Gasteiger partial charge in [0.05, 0.1) is 5.69 Å². The van der Waals surface area contributed by atoms with E-state index in [2.05, 4.69) is 28.2 Å². The van der Waals surface area contributed by atoms with Gasteiger partial charge in [-0.2, -0.15) is 0 Å². The first-order valence-electron chi connectivity index (χ1n) is 7.83. The van der Waals surface area contributed by atoms with Gasteiger partial charge in [0.1, 0.15) is 6.54 Å². The quantitative estimate of drug-likeness (QED) is 0.829. The first-order chi connectivity index (χ1) is 11.4. The van der Waals surface area contributed by atoms with Crippen LogP contribution in [0.3, 0.4) is 0 Å². The SMILES string of the molecule is CCc1ccc(NC(=O)CN(C(C)=O)c2ccc(C)cc2Br)cc1. The molecular formula is C19H21BrN2O2. The summed E-state index contributed by atoms with van der Waals surface area (Å²) in [5, 5.41) is 2.83. The van der Waals surface area contributed by atoms with Gasteiger partial charge in [-0.3, -0.25) is 9.59 Å². The largest absolute Gasteiger partial charge is 0.325 e. The van der Waals surface area contributed by atoms with Crippen LogP contribution in [0, 0.1) is 6.92 Å². The van der Waals surface area contributed by atoms with Gasteiger partial charge in [-0.15, -0.1) is 0 Å². The Morgan fingerprint density at radius 1 is 1.12 bits per heavy atom. The molecule has 2 rings (SSSR count). The van der Waals surface area contributed by atoms with Crippen molar-refractivity contribution in [2.24, 2.45) is 0 Å². The number of nitrogens with zero attached hydrogens (tertiary/aromatic N) is 1. The van der Waals surface area contributed by atoms with Crippen LogP contribution in [0.4, 0.5) is 11.4 Å². The van der Waals surface area contributed by atoms with Gasteiger partial charge < -0.3 is 10.2 Å². The number of carbonyl (C=O) groups excluding carboxylic acids is 2. The van der Waals surface area contributed by atoms with Crippen LogP contribution >= 0.6 is 15.9 Å². The second-order valence-corrected chi connectivity index (χ2v) is 6.51. The lowest BCUT2D eigenvalue weighted by Gasteiger charge is -2.22. The molecule has 0 aliphatic heterocycles. The molecule has 0 heterocycles. The minimum Gasteiger partial charge on any atom is -0.325 e. The Bertz CT molecular complexity index is 742. The van der Waals surface area contributed by atoms with Gasteiger partial charge in [0.2, 0.25) is 11.8 Å². The van der Waals surface area contributed by atoms with Crippen LogP contribution < -0.4 is 10.2 Å². The van der Waals surface area contributed by atoms with Gasteiger partial charge in [0, 0.05) is 17.1 Å². The molecule has 0 aliphatic rings. The first kappa shape index (κ1) is 18.2. The van der Waals surface area contributed by atoms with E-state index in [1.54, 1.807) is 0 Å². The molecule has 0 saturated carbocycles. The van der Waals surface area contributed by atoms with E-state index in [0.29, 0.717) is 5.69 Å². The van der Waals surface area contributed by atoms with E-state index in [9.17, 15) is 9.59 Å². The molecule has 0 fully saturated rings. The molecule has 2 aromatic rings. The van der Waals surface area contributed by atoms with Crippen molar-refractivity contribution in [3.8, 4) is 0 Å². The van der Waals surface area contributed by atoms with E-state index in [1.807, 2.05) is 49.4 Å². The fourth-order valence-electron chi connectivity index (χ4n) is 2.36. The highest BCUT2D eigenvalue weighted by Gasteiger charge is 2.18. The highest BCUT2D eigenvalue weighted by Crippen LogP contribution is 2.27. The van der Waals surface area contributed by atoms with Crippen molar-refractivity contribution >= 4 is 39.1 Å². The average molecular weight is 389 g/mol. The van der Waals surface area contributed by atoms with E-state index < -0.39 is 0 Å². The normalized spacial score (nSPS) is 10.3. The Balaban J connectivity index is 2.12. The molecule has 0 saturated heterocycles. The van der Waals surface area contributed by atoms with E-state index in [4.69, 9.17) is 0 Å². The van der Waals surface area contributed by atoms with Gasteiger partial charge in [-0.05, 0) is 64.7 Å². The molecule has 2 amide bonds. The molecule has 24 heavy (non-hydrogen) atoms. The number of anilines is 2. The molecule has 0 atom stereocenters. The van der Waals surface area contributed by atoms with Crippen LogP contribution in [-0.4, -0.2) is 18.4 Å². The minimum atomic E-state index is -0.234. The fraction of sp³-hybridized carbons (Fsp3) is 0.263. The van der Waals surface area contributed by atoms with Crippen LogP contribution in [0.1, 0.15) is 25.0 Å². The highest BCUT2D eigenvalue weighted by molar-refractivity contribution is 9.10. The summed E-state index contributed by atoms with van der Waals surface area (Å²) in [5.41, 5.74) is 3.70. The van der Waals surface area contributed by atoms with Crippen LogP contribution in [0.5, 0.6) is 0 Å². The summed E-state index contributed by atoms with van der Waals surface area (Å²) in [5.74, 6) is -0.419. The third-order valence-corrected chi connectivity index (χ3v) is 4.36. The number of carbonyl (C=O) groups is 2. The Kier molecular flexibility index (Phi) is 6.15. The van der Waals surface area contributed by atoms with Crippen molar-refractivity contribution in [2.75, 3.05) is 16.8 Å². The number of hydrogen-bond acceptors (Lipinski definition) is 2. The molecule has 2 aromatic carbocycles. The summed E-state index contributed by atoms with van der Waals surface area (Å²) in [7, 11) is 0. The van der Waals surface area contributed by atoms with Gasteiger partial charge in [0.15, 0.2) is 0 Å². The summed E-state index contributed by atoms with van der Waals surface area (Å²) < 4.78 is 0.790. The molecule has 0 bridgehead atoms. The number of amides is 2. The predicted molar refractivity (Wildman–Crippen MR) is 101 cm³/mol. The maximum Gasteiger partial charge on any atom is 0.244 e. The number of benzene rings is 2. The number of halogens is 1. The first-order valence-corrected chi connectivity index (χ1v) is 8.63. The average Bonchev–Trinajstić information content (AvgIpc) is 2.54. The van der Waals surface area contributed by atoms with E-state index in [-0.39, 0.29) is 18.4 Å². The maximum absolute atomic E-state index is 12.3. The van der Waals surface area contributed by atoms with Crippen LogP contribution in [0.25, 0.3) is 0 Å². The second-order valence-electron chi connectivity index (χ2n) is 5.66. The van der Waals surface area contributed by atoms with E-state index >= 15 is 0 Å². The zero-order chi connectivity index (χ0) is 17.7. The monoisotopic (exact) mass is 388 g/mol. The lowest BCUT2D eigenvalue weighted by atomic mass is 10.1. The Morgan fingerprint density at radius 2 is 1.79 bits per heavy atom. The molecule has 0 aromatic heterocycles. The fourth-order valence-corrected chi connectivity index (χ4v) is 3.07. The molecule has 0 aliphatic carbocycles. The van der Waals surface area contributed by atoms with Gasteiger partial charge in [-0.1, -0.05) is 25.1 Å². The molecular weight excluding hydrogens is 368 g/mol. The van der Waals surface area contributed by atoms with Crippen molar-refractivity contribution in [3.63, 3.8) is 0 Å². The molecule has 1 N–H and O–H groups in total. The zero-order valence-corrected chi connectivity index (χ0v) is 15.7. The summed E-state index contributed by atoms with van der Waals surface area (Å²) in [6, 6.07) is 13.4. The summed E-state index contributed by atoms with van der Waals surface area (Å²) >= 11 is 3.46. The molecule has 126 valence electrons. The standard InChI is InChI=1S/C19H21BrN2O2/c1-4-15-6-8-16(9-7-15)21-19(24)12-22(14(3)23)18-10-5-13(2)11-17(18)20/h5-11H,4,12H2,1-3H3,(H,21,24). The smallest absolute Gasteiger partial charge is 0.244 e. The van der Waals surface area contributed by atoms with Crippen molar-refractivity contribution in [2.45, 2.75) is 27.2 Å². The number of hydrogen-bond donors (Lipinski definition) is 1. The minimum absolute atomic E-state index is 0.0352. The Morgan fingerprint density at radius 3 is 2.33 bits per heavy atom. The summed E-state index contributed by atoms with van der Waals surface area (Å²) in [6.45, 7) is 5.47. The van der Waals surface area contributed by atoms with Gasteiger partial charge in [-0.25, -0.2) is 0 Å². The number of nitrogens with one attached hydrogen (secondary N) is 1. The van der Waals surface area contributed by atoms with Gasteiger partial charge in [0.25, 0.3) is 0 Å². The van der Waals surface area contributed by atoms with Crippen molar-refractivity contribution in [3.05, 3.63) is 58.1 Å².